The van der Waals surface area contributed by atoms with E-state index in [1.807, 2.05) is 41.8 Å². The molecule has 0 spiro atoms. The topological polar surface area (TPSA) is 66.6 Å². The lowest BCUT2D eigenvalue weighted by molar-refractivity contribution is 0.617. The number of halogens is 1. The second-order valence-corrected chi connectivity index (χ2v) is 6.35. The number of rotatable bonds is 7. The first-order valence-corrected chi connectivity index (χ1v) is 9.23. The normalized spacial score (nSPS) is 11.7. The fourth-order valence-electron chi connectivity index (χ4n) is 2.83. The Kier molecular flexibility index (Phi) is 6.35. The fourth-order valence-corrected chi connectivity index (χ4v) is 2.83. The van der Waals surface area contributed by atoms with E-state index < -0.39 is 0 Å². The molecular weight excluding hydrogens is 343 g/mol. The van der Waals surface area contributed by atoms with Crippen LogP contribution in [-0.4, -0.2) is 33.6 Å². The molecule has 0 aliphatic heterocycles. The van der Waals surface area contributed by atoms with Crippen molar-refractivity contribution in [2.24, 2.45) is 4.99 Å². The third-order valence-electron chi connectivity index (χ3n) is 4.24. The maximum absolute atomic E-state index is 13.4. The van der Waals surface area contributed by atoms with Crippen molar-refractivity contribution in [3.63, 3.8) is 0 Å². The number of aliphatic imine (C=N–C) groups is 1. The Morgan fingerprint density at radius 3 is 2.89 bits per heavy atom. The highest BCUT2D eigenvalue weighted by molar-refractivity contribution is 5.79. The summed E-state index contributed by atoms with van der Waals surface area (Å²) in [6.07, 6.45) is 3.72. The Morgan fingerprint density at radius 2 is 2.07 bits per heavy atom. The van der Waals surface area contributed by atoms with Crippen LogP contribution in [0.1, 0.15) is 30.3 Å². The lowest BCUT2D eigenvalue weighted by Crippen LogP contribution is -2.37. The van der Waals surface area contributed by atoms with Crippen LogP contribution in [0, 0.1) is 12.7 Å². The molecule has 1 aromatic carbocycles. The molecule has 3 aromatic rings. The number of pyridine rings is 1. The summed E-state index contributed by atoms with van der Waals surface area (Å²) in [6.45, 7) is 5.85. The molecule has 0 unspecified atom stereocenters. The Labute approximate surface area is 158 Å². The van der Waals surface area contributed by atoms with Crippen molar-refractivity contribution >= 4 is 11.6 Å². The predicted molar refractivity (Wildman–Crippen MR) is 105 cm³/mol. The molecule has 3 rings (SSSR count). The maximum atomic E-state index is 13.4. The molecule has 2 aromatic heterocycles. The summed E-state index contributed by atoms with van der Waals surface area (Å²) in [5, 5.41) is 15.0. The molecule has 0 aliphatic carbocycles. The summed E-state index contributed by atoms with van der Waals surface area (Å²) in [5.41, 5.74) is 2.49. The Morgan fingerprint density at radius 1 is 1.19 bits per heavy atom. The number of guanidine groups is 1. The third kappa shape index (κ3) is 5.03. The van der Waals surface area contributed by atoms with Crippen LogP contribution in [-0.2, 0) is 13.0 Å². The van der Waals surface area contributed by atoms with Crippen LogP contribution in [0.15, 0.2) is 47.6 Å². The molecular formula is C20H25FN6. The van der Waals surface area contributed by atoms with Crippen molar-refractivity contribution in [3.05, 3.63) is 65.4 Å². The summed E-state index contributed by atoms with van der Waals surface area (Å²) < 4.78 is 15.4. The van der Waals surface area contributed by atoms with Gasteiger partial charge in [0.25, 0.3) is 0 Å². The van der Waals surface area contributed by atoms with E-state index in [4.69, 9.17) is 0 Å². The quantitative estimate of drug-likeness (QED) is 0.382. The molecule has 142 valence electrons. The molecule has 27 heavy (non-hydrogen) atoms. The first-order valence-electron chi connectivity index (χ1n) is 9.23. The van der Waals surface area contributed by atoms with Crippen molar-refractivity contribution in [3.8, 4) is 0 Å². The van der Waals surface area contributed by atoms with Gasteiger partial charge in [-0.3, -0.25) is 4.40 Å². The first kappa shape index (κ1) is 18.8. The molecule has 2 heterocycles. The zero-order chi connectivity index (χ0) is 19.1. The molecule has 0 saturated heterocycles. The van der Waals surface area contributed by atoms with Gasteiger partial charge in [0, 0.05) is 25.7 Å². The van der Waals surface area contributed by atoms with Crippen molar-refractivity contribution in [2.45, 2.75) is 33.2 Å². The van der Waals surface area contributed by atoms with Gasteiger partial charge in [-0.15, -0.1) is 10.2 Å². The number of nitrogens with zero attached hydrogens (tertiary/aromatic N) is 4. The van der Waals surface area contributed by atoms with Gasteiger partial charge in [0.05, 0.1) is 6.54 Å². The lowest BCUT2D eigenvalue weighted by atomic mass is 10.1. The van der Waals surface area contributed by atoms with E-state index in [1.165, 1.54) is 6.07 Å². The van der Waals surface area contributed by atoms with Crippen LogP contribution >= 0.6 is 0 Å². The third-order valence-corrected chi connectivity index (χ3v) is 4.24. The van der Waals surface area contributed by atoms with E-state index in [-0.39, 0.29) is 5.82 Å². The number of benzene rings is 1. The van der Waals surface area contributed by atoms with Crippen molar-refractivity contribution < 1.29 is 4.39 Å². The largest absolute Gasteiger partial charge is 0.357 e. The second kappa shape index (κ2) is 9.12. The minimum absolute atomic E-state index is 0.186. The number of hydrogen-bond acceptors (Lipinski definition) is 3. The molecule has 6 nitrogen and oxygen atoms in total. The molecule has 0 aliphatic rings. The van der Waals surface area contributed by atoms with Gasteiger partial charge in [-0.05, 0) is 49.6 Å². The monoisotopic (exact) mass is 368 g/mol. The van der Waals surface area contributed by atoms with E-state index in [2.05, 4.69) is 25.8 Å². The van der Waals surface area contributed by atoms with Gasteiger partial charge >= 0.3 is 0 Å². The number of hydrogen-bond donors (Lipinski definition) is 2. The molecule has 0 bridgehead atoms. The lowest BCUT2D eigenvalue weighted by Gasteiger charge is -2.11. The molecule has 0 atom stereocenters. The van der Waals surface area contributed by atoms with Gasteiger partial charge in [0.2, 0.25) is 0 Å². The van der Waals surface area contributed by atoms with Crippen molar-refractivity contribution in [1.29, 1.82) is 0 Å². The summed E-state index contributed by atoms with van der Waals surface area (Å²) in [4.78, 5) is 4.58. The Balaban J connectivity index is 1.52. The standard InChI is InChI=1S/C20H25FN6/c1-3-22-20(24-14-16-9-10-17(21)15(2)13-16)23-11-6-8-19-26-25-18-7-4-5-12-27(18)19/h4-5,7,9-10,12-13H,3,6,8,11,14H2,1-2H3,(H2,22,23,24). The Hall–Kier alpha value is -2.96. The molecule has 0 amide bonds. The summed E-state index contributed by atoms with van der Waals surface area (Å²) in [6, 6.07) is 11.0. The van der Waals surface area contributed by atoms with Gasteiger partial charge in [0.15, 0.2) is 11.6 Å². The molecule has 0 fully saturated rings. The number of nitrogens with one attached hydrogen (secondary N) is 2. The van der Waals surface area contributed by atoms with E-state index >= 15 is 0 Å². The zero-order valence-electron chi connectivity index (χ0n) is 15.7. The predicted octanol–water partition coefficient (Wildman–Crippen LogP) is 2.86. The SMILES string of the molecule is CCNC(=NCc1ccc(F)c(C)c1)NCCCc1nnc2ccccn12. The number of fused-ring (bicyclic) bond motifs is 1. The van der Waals surface area contributed by atoms with Gasteiger partial charge in [-0.1, -0.05) is 18.2 Å². The maximum Gasteiger partial charge on any atom is 0.191 e. The van der Waals surface area contributed by atoms with Crippen LogP contribution < -0.4 is 10.6 Å². The molecule has 0 radical (unpaired) electrons. The van der Waals surface area contributed by atoms with Gasteiger partial charge < -0.3 is 10.6 Å². The minimum atomic E-state index is -0.186. The van der Waals surface area contributed by atoms with Gasteiger partial charge in [-0.25, -0.2) is 9.38 Å². The zero-order valence-corrected chi connectivity index (χ0v) is 15.7. The summed E-state index contributed by atoms with van der Waals surface area (Å²) in [5.74, 6) is 1.52. The average Bonchev–Trinajstić information content (AvgIpc) is 3.09. The Bertz CT molecular complexity index is 918. The van der Waals surface area contributed by atoms with Crippen molar-refractivity contribution in [1.82, 2.24) is 25.2 Å². The molecule has 0 saturated carbocycles. The van der Waals surface area contributed by atoms with E-state index in [0.29, 0.717) is 12.1 Å². The number of aryl methyl sites for hydroxylation is 2. The van der Waals surface area contributed by atoms with Gasteiger partial charge in [0.1, 0.15) is 11.6 Å². The smallest absolute Gasteiger partial charge is 0.191 e. The highest BCUT2D eigenvalue weighted by Gasteiger charge is 2.05. The van der Waals surface area contributed by atoms with E-state index in [0.717, 1.165) is 48.9 Å². The van der Waals surface area contributed by atoms with Crippen molar-refractivity contribution in [2.75, 3.05) is 13.1 Å². The summed E-state index contributed by atoms with van der Waals surface area (Å²) >= 11 is 0. The molecule has 7 heteroatoms. The first-order chi connectivity index (χ1) is 13.2. The summed E-state index contributed by atoms with van der Waals surface area (Å²) in [7, 11) is 0. The van der Waals surface area contributed by atoms with Crippen LogP contribution in [0.4, 0.5) is 4.39 Å². The van der Waals surface area contributed by atoms with E-state index in [9.17, 15) is 4.39 Å². The highest BCUT2D eigenvalue weighted by atomic mass is 19.1. The minimum Gasteiger partial charge on any atom is -0.357 e. The van der Waals surface area contributed by atoms with Gasteiger partial charge in [-0.2, -0.15) is 0 Å². The number of aromatic nitrogens is 3. The second-order valence-electron chi connectivity index (χ2n) is 6.35. The molecule has 2 N–H and O–H groups in total. The van der Waals surface area contributed by atoms with Crippen LogP contribution in [0.5, 0.6) is 0 Å². The fraction of sp³-hybridized carbons (Fsp3) is 0.350. The average molecular weight is 368 g/mol. The van der Waals surface area contributed by atoms with Crippen LogP contribution in [0.2, 0.25) is 0 Å². The van der Waals surface area contributed by atoms with E-state index in [1.54, 1.807) is 13.0 Å². The highest BCUT2D eigenvalue weighted by Crippen LogP contribution is 2.10. The van der Waals surface area contributed by atoms with Crippen LogP contribution in [0.25, 0.3) is 5.65 Å². The van der Waals surface area contributed by atoms with Crippen LogP contribution in [0.3, 0.4) is 0 Å².